The molecule has 0 aliphatic heterocycles. The van der Waals surface area contributed by atoms with Crippen LogP contribution in [-0.4, -0.2) is 34.0 Å². The van der Waals surface area contributed by atoms with Gasteiger partial charge in [0.25, 0.3) is 5.91 Å². The molecule has 36 heavy (non-hydrogen) atoms. The van der Waals surface area contributed by atoms with Crippen molar-refractivity contribution < 1.29 is 17.9 Å². The highest BCUT2D eigenvalue weighted by Gasteiger charge is 2.26. The lowest BCUT2D eigenvalue weighted by molar-refractivity contribution is 0.0954. The number of thiophene rings is 1. The monoisotopic (exact) mass is 529 g/mol. The zero-order chi connectivity index (χ0) is 26.0. The first-order valence-corrected chi connectivity index (χ1v) is 14.7. The summed E-state index contributed by atoms with van der Waals surface area (Å²) in [7, 11) is -4.19. The van der Waals surface area contributed by atoms with Crippen molar-refractivity contribution >= 4 is 33.0 Å². The van der Waals surface area contributed by atoms with Crippen LogP contribution in [-0.2, 0) is 16.4 Å². The molecule has 0 radical (unpaired) electrons. The SMILES string of the molecule is CCCCN(CCCC)c1cc(C(=O)NCCc2cccs2)cc(S(N)(=O)=O)c1Oc1ccccc1. The van der Waals surface area contributed by atoms with Crippen molar-refractivity contribution in [2.75, 3.05) is 24.5 Å². The van der Waals surface area contributed by atoms with Gasteiger partial charge in [-0.15, -0.1) is 11.3 Å². The number of para-hydroxylation sites is 1. The molecule has 2 aromatic carbocycles. The number of sulfonamides is 1. The first-order chi connectivity index (χ1) is 17.3. The summed E-state index contributed by atoms with van der Waals surface area (Å²) in [5.74, 6) is 0.281. The molecule has 0 saturated heterocycles. The third-order valence-corrected chi connectivity index (χ3v) is 7.56. The normalized spacial score (nSPS) is 11.3. The Bertz CT molecular complexity index is 1210. The van der Waals surface area contributed by atoms with Crippen LogP contribution in [0.25, 0.3) is 0 Å². The summed E-state index contributed by atoms with van der Waals surface area (Å²) in [6.45, 7) is 6.06. The van der Waals surface area contributed by atoms with Gasteiger partial charge >= 0.3 is 0 Å². The number of anilines is 1. The summed E-state index contributed by atoms with van der Waals surface area (Å²) in [4.78, 5) is 16.2. The minimum atomic E-state index is -4.19. The Hall–Kier alpha value is -2.88. The fraction of sp³-hybridized carbons (Fsp3) is 0.370. The van der Waals surface area contributed by atoms with Gasteiger partial charge in [-0.25, -0.2) is 13.6 Å². The predicted octanol–water partition coefficient (Wildman–Crippen LogP) is 5.57. The Morgan fingerprint density at radius 2 is 1.72 bits per heavy atom. The molecule has 0 aliphatic rings. The second-order valence-corrected chi connectivity index (χ2v) is 11.1. The number of carbonyl (C=O) groups excluding carboxylic acids is 1. The maximum atomic E-state index is 13.1. The van der Waals surface area contributed by atoms with Gasteiger partial charge in [-0.1, -0.05) is 51.0 Å². The second-order valence-electron chi connectivity index (χ2n) is 8.56. The van der Waals surface area contributed by atoms with Crippen LogP contribution in [0.3, 0.4) is 0 Å². The summed E-state index contributed by atoms with van der Waals surface area (Å²) in [6, 6.07) is 16.0. The molecule has 0 unspecified atom stereocenters. The van der Waals surface area contributed by atoms with E-state index in [4.69, 9.17) is 9.88 Å². The summed E-state index contributed by atoms with van der Waals surface area (Å²) in [5.41, 5.74) is 0.786. The van der Waals surface area contributed by atoms with Gasteiger partial charge in [0, 0.05) is 30.1 Å². The molecule has 1 amide bonds. The summed E-state index contributed by atoms with van der Waals surface area (Å²) >= 11 is 1.63. The molecular weight excluding hydrogens is 494 g/mol. The maximum Gasteiger partial charge on any atom is 0.251 e. The number of hydrogen-bond acceptors (Lipinski definition) is 6. The molecule has 0 saturated carbocycles. The van der Waals surface area contributed by atoms with Crippen molar-refractivity contribution in [3.8, 4) is 11.5 Å². The molecule has 1 heterocycles. The Kier molecular flexibility index (Phi) is 10.3. The van der Waals surface area contributed by atoms with Crippen LogP contribution in [0.5, 0.6) is 11.5 Å². The molecule has 0 bridgehead atoms. The van der Waals surface area contributed by atoms with E-state index in [1.54, 1.807) is 29.5 Å². The average Bonchev–Trinajstić information content (AvgIpc) is 3.38. The fourth-order valence-corrected chi connectivity index (χ4v) is 5.19. The van der Waals surface area contributed by atoms with E-state index in [-0.39, 0.29) is 22.1 Å². The number of benzene rings is 2. The quantitative estimate of drug-likeness (QED) is 0.284. The third kappa shape index (κ3) is 7.81. The van der Waals surface area contributed by atoms with E-state index in [9.17, 15) is 13.2 Å². The van der Waals surface area contributed by atoms with Gasteiger partial charge in [0.1, 0.15) is 10.6 Å². The molecule has 3 aromatic rings. The number of amides is 1. The highest BCUT2D eigenvalue weighted by molar-refractivity contribution is 7.89. The molecule has 3 rings (SSSR count). The molecule has 7 nitrogen and oxygen atoms in total. The van der Waals surface area contributed by atoms with E-state index in [0.29, 0.717) is 37.5 Å². The van der Waals surface area contributed by atoms with Gasteiger partial charge in [0.2, 0.25) is 10.0 Å². The van der Waals surface area contributed by atoms with Crippen LogP contribution < -0.4 is 20.1 Å². The molecule has 0 atom stereocenters. The Morgan fingerprint density at radius 1 is 1.03 bits per heavy atom. The van der Waals surface area contributed by atoms with Crippen molar-refractivity contribution in [3.05, 3.63) is 70.4 Å². The summed E-state index contributed by atoms with van der Waals surface area (Å²) in [5, 5.41) is 10.6. The lowest BCUT2D eigenvalue weighted by Gasteiger charge is -2.28. The number of nitrogens with two attached hydrogens (primary N) is 1. The molecule has 0 spiro atoms. The largest absolute Gasteiger partial charge is 0.454 e. The highest BCUT2D eigenvalue weighted by Crippen LogP contribution is 2.39. The smallest absolute Gasteiger partial charge is 0.251 e. The van der Waals surface area contributed by atoms with Crippen LogP contribution in [0.15, 0.2) is 64.9 Å². The maximum absolute atomic E-state index is 13.1. The number of nitrogens with zero attached hydrogens (tertiary/aromatic N) is 1. The number of nitrogens with one attached hydrogen (secondary N) is 1. The number of hydrogen-bond donors (Lipinski definition) is 2. The molecule has 1 aromatic heterocycles. The van der Waals surface area contributed by atoms with E-state index in [2.05, 4.69) is 24.1 Å². The average molecular weight is 530 g/mol. The first kappa shape index (κ1) is 27.7. The number of ether oxygens (including phenoxy) is 1. The fourth-order valence-electron chi connectivity index (χ4n) is 3.78. The molecule has 194 valence electrons. The van der Waals surface area contributed by atoms with Gasteiger partial charge in [-0.2, -0.15) is 0 Å². The molecule has 0 fully saturated rings. The van der Waals surface area contributed by atoms with Crippen LogP contribution in [0, 0.1) is 0 Å². The molecular formula is C27H35N3O4S2. The zero-order valence-corrected chi connectivity index (χ0v) is 22.5. The van der Waals surface area contributed by atoms with Gasteiger partial charge in [0.15, 0.2) is 5.75 Å². The third-order valence-electron chi connectivity index (χ3n) is 5.71. The lowest BCUT2D eigenvalue weighted by Crippen LogP contribution is -2.29. The zero-order valence-electron chi connectivity index (χ0n) is 20.9. The van der Waals surface area contributed by atoms with E-state index >= 15 is 0 Å². The standard InChI is InChI=1S/C27H35N3O4S2/c1-3-5-16-30(17-6-4-2)24-19-21(27(31)29-15-14-23-13-10-18-35-23)20-25(36(28,32)33)26(24)34-22-11-8-7-9-12-22/h7-13,18-20H,3-6,14-17H2,1-2H3,(H,29,31)(H2,28,32,33). The first-order valence-electron chi connectivity index (χ1n) is 12.3. The van der Waals surface area contributed by atoms with Crippen molar-refractivity contribution in [1.29, 1.82) is 0 Å². The number of primary sulfonamides is 1. The second kappa shape index (κ2) is 13.4. The van der Waals surface area contributed by atoms with Gasteiger partial charge in [-0.3, -0.25) is 4.79 Å². The predicted molar refractivity (Wildman–Crippen MR) is 147 cm³/mol. The summed E-state index contributed by atoms with van der Waals surface area (Å²) < 4.78 is 31.6. The van der Waals surface area contributed by atoms with Crippen molar-refractivity contribution in [1.82, 2.24) is 5.32 Å². The van der Waals surface area contributed by atoms with E-state index in [1.165, 1.54) is 6.07 Å². The van der Waals surface area contributed by atoms with Crippen molar-refractivity contribution in [3.63, 3.8) is 0 Å². The van der Waals surface area contributed by atoms with Crippen LogP contribution in [0.4, 0.5) is 5.69 Å². The number of rotatable bonds is 14. The van der Waals surface area contributed by atoms with Gasteiger partial charge in [-0.05, 0) is 55.0 Å². The van der Waals surface area contributed by atoms with Crippen LogP contribution >= 0.6 is 11.3 Å². The molecule has 3 N–H and O–H groups in total. The van der Waals surface area contributed by atoms with E-state index in [0.717, 1.165) is 30.6 Å². The highest BCUT2D eigenvalue weighted by atomic mass is 32.2. The van der Waals surface area contributed by atoms with E-state index < -0.39 is 10.0 Å². The van der Waals surface area contributed by atoms with Crippen molar-refractivity contribution in [2.45, 2.75) is 50.8 Å². The number of carbonyl (C=O) groups is 1. The Morgan fingerprint density at radius 3 is 2.31 bits per heavy atom. The Balaban J connectivity index is 2.05. The minimum absolute atomic E-state index is 0.144. The topological polar surface area (TPSA) is 102 Å². The number of unbranched alkanes of at least 4 members (excludes halogenated alkanes) is 2. The van der Waals surface area contributed by atoms with Gasteiger partial charge < -0.3 is 15.0 Å². The molecule has 9 heteroatoms. The van der Waals surface area contributed by atoms with Crippen LogP contribution in [0.1, 0.15) is 54.8 Å². The lowest BCUT2D eigenvalue weighted by atomic mass is 10.1. The Labute approximate surface area is 218 Å². The minimum Gasteiger partial charge on any atom is -0.454 e. The van der Waals surface area contributed by atoms with E-state index in [1.807, 2.05) is 35.7 Å². The summed E-state index contributed by atoms with van der Waals surface area (Å²) in [6.07, 6.45) is 4.48. The molecule has 0 aliphatic carbocycles. The van der Waals surface area contributed by atoms with Crippen LogP contribution in [0.2, 0.25) is 0 Å². The van der Waals surface area contributed by atoms with Crippen molar-refractivity contribution in [2.24, 2.45) is 5.14 Å². The van der Waals surface area contributed by atoms with Gasteiger partial charge in [0.05, 0.1) is 5.69 Å².